The monoisotopic (exact) mass is 507 g/mol. The molecule has 2 fully saturated rings. The number of amides is 1. The average molecular weight is 508 g/mol. The number of hydrogen-bond acceptors (Lipinski definition) is 7. The van der Waals surface area contributed by atoms with Crippen LogP contribution in [0.1, 0.15) is 16.8 Å². The van der Waals surface area contributed by atoms with Crippen LogP contribution in [0.3, 0.4) is 0 Å². The predicted molar refractivity (Wildman–Crippen MR) is 133 cm³/mol. The Balaban J connectivity index is 1.44. The van der Waals surface area contributed by atoms with Gasteiger partial charge in [-0.25, -0.2) is 8.78 Å². The van der Waals surface area contributed by atoms with Crippen molar-refractivity contribution in [3.8, 4) is 11.4 Å². The molecule has 190 valence electrons. The smallest absolute Gasteiger partial charge is 0.284 e. The van der Waals surface area contributed by atoms with Crippen molar-refractivity contribution in [3.05, 3.63) is 70.3 Å². The predicted octanol–water partition coefficient (Wildman–Crippen LogP) is 2.21. The van der Waals surface area contributed by atoms with Crippen LogP contribution >= 0.6 is 0 Å². The Kier molecular flexibility index (Phi) is 5.41. The molecule has 2 aliphatic rings. The summed E-state index contributed by atoms with van der Waals surface area (Å²) in [6, 6.07) is 7.04. The molecule has 2 N–H and O–H groups in total. The van der Waals surface area contributed by atoms with E-state index in [0.717, 1.165) is 23.7 Å². The molecule has 4 heterocycles. The van der Waals surface area contributed by atoms with Gasteiger partial charge >= 0.3 is 0 Å². The normalized spacial score (nSPS) is 18.5. The maximum absolute atomic E-state index is 15.2. The summed E-state index contributed by atoms with van der Waals surface area (Å²) >= 11 is 0. The SMILES string of the molecule is COc1cccc(F)c1-n1nccc(C(=O)Nc2cc(F)c3c(cnn3C)c2N2C[C@H]3C[C@@H]2CN3)c1=O. The summed E-state index contributed by atoms with van der Waals surface area (Å²) < 4.78 is 37.2. The summed E-state index contributed by atoms with van der Waals surface area (Å²) in [6.07, 6.45) is 3.73. The van der Waals surface area contributed by atoms with E-state index in [-0.39, 0.29) is 28.7 Å². The van der Waals surface area contributed by atoms with Gasteiger partial charge in [-0.15, -0.1) is 0 Å². The van der Waals surface area contributed by atoms with Crippen LogP contribution in [0.2, 0.25) is 0 Å². The van der Waals surface area contributed by atoms with Crippen LogP contribution in [0.4, 0.5) is 20.2 Å². The Morgan fingerprint density at radius 1 is 1.19 bits per heavy atom. The van der Waals surface area contributed by atoms with Gasteiger partial charge in [0, 0.05) is 49.9 Å². The molecule has 0 aliphatic carbocycles. The molecule has 2 bridgehead atoms. The highest BCUT2D eigenvalue weighted by molar-refractivity contribution is 6.09. The van der Waals surface area contributed by atoms with Crippen molar-refractivity contribution < 1.29 is 18.3 Å². The molecule has 0 spiro atoms. The number of ether oxygens (including phenoxy) is 1. The van der Waals surface area contributed by atoms with Crippen LogP contribution in [0.15, 0.2) is 47.5 Å². The fourth-order valence-corrected chi connectivity index (χ4v) is 5.34. The van der Waals surface area contributed by atoms with Crippen LogP contribution in [-0.4, -0.2) is 57.8 Å². The molecule has 1 amide bonds. The van der Waals surface area contributed by atoms with Crippen LogP contribution in [0, 0.1) is 11.6 Å². The summed E-state index contributed by atoms with van der Waals surface area (Å²) in [5.74, 6) is -1.99. The molecule has 2 aliphatic heterocycles. The van der Waals surface area contributed by atoms with Gasteiger partial charge in [-0.05, 0) is 24.6 Å². The largest absolute Gasteiger partial charge is 0.494 e. The number of rotatable bonds is 5. The van der Waals surface area contributed by atoms with Crippen molar-refractivity contribution in [3.63, 3.8) is 0 Å². The summed E-state index contributed by atoms with van der Waals surface area (Å²) in [5, 5.41) is 14.9. The highest BCUT2D eigenvalue weighted by Gasteiger charge is 2.40. The number of nitrogens with one attached hydrogen (secondary N) is 2. The van der Waals surface area contributed by atoms with Crippen molar-refractivity contribution >= 4 is 28.2 Å². The summed E-state index contributed by atoms with van der Waals surface area (Å²) in [5.41, 5.74) is -0.158. The molecule has 0 radical (unpaired) electrons. The Bertz CT molecular complexity index is 1620. The van der Waals surface area contributed by atoms with Gasteiger partial charge in [-0.1, -0.05) is 6.07 Å². The Morgan fingerprint density at radius 3 is 2.76 bits per heavy atom. The number of halogens is 2. The quantitative estimate of drug-likeness (QED) is 0.427. The lowest BCUT2D eigenvalue weighted by molar-refractivity contribution is 0.102. The number of benzene rings is 2. The van der Waals surface area contributed by atoms with Gasteiger partial charge in [0.05, 0.1) is 24.7 Å². The van der Waals surface area contributed by atoms with E-state index in [1.807, 2.05) is 0 Å². The fourth-order valence-electron chi connectivity index (χ4n) is 5.34. The van der Waals surface area contributed by atoms with E-state index in [4.69, 9.17) is 4.74 Å². The van der Waals surface area contributed by atoms with Gasteiger partial charge < -0.3 is 20.3 Å². The maximum atomic E-state index is 15.2. The molecular formula is C25H23F2N7O3. The van der Waals surface area contributed by atoms with E-state index >= 15 is 4.39 Å². The Hall–Kier alpha value is -4.32. The first kappa shape index (κ1) is 23.1. The molecule has 12 heteroatoms. The topological polar surface area (TPSA) is 106 Å². The van der Waals surface area contributed by atoms with E-state index < -0.39 is 23.1 Å². The highest BCUT2D eigenvalue weighted by Crippen LogP contribution is 2.41. The van der Waals surface area contributed by atoms with E-state index in [0.29, 0.717) is 29.2 Å². The summed E-state index contributed by atoms with van der Waals surface area (Å²) in [4.78, 5) is 28.8. The third-order valence-corrected chi connectivity index (χ3v) is 7.01. The fraction of sp³-hybridized carbons (Fsp3) is 0.280. The van der Waals surface area contributed by atoms with Gasteiger partial charge in [0.2, 0.25) is 0 Å². The van der Waals surface area contributed by atoms with Gasteiger partial charge in [0.15, 0.2) is 11.6 Å². The second kappa shape index (κ2) is 8.66. The number of fused-ring (bicyclic) bond motifs is 3. The molecular weight excluding hydrogens is 484 g/mol. The number of para-hydroxylation sites is 1. The van der Waals surface area contributed by atoms with Gasteiger partial charge in [0.25, 0.3) is 11.5 Å². The second-order valence-corrected chi connectivity index (χ2v) is 9.14. The lowest BCUT2D eigenvalue weighted by Gasteiger charge is -2.32. The standard InChI is InChI=1S/C25H23F2N7O3/c1-32-21-16(11-30-32)22(33-12-13-8-14(33)10-28-13)19(9-18(21)27)31-24(35)15-6-7-29-34(25(15)36)23-17(26)4-3-5-20(23)37-2/h3-7,9,11,13-14,28H,8,10,12H2,1-2H3,(H,31,35)/t13-,14-/m1/s1. The van der Waals surface area contributed by atoms with Crippen LogP contribution in [0.5, 0.6) is 5.75 Å². The molecule has 2 saturated heterocycles. The van der Waals surface area contributed by atoms with Crippen molar-refractivity contribution in [1.29, 1.82) is 0 Å². The minimum Gasteiger partial charge on any atom is -0.494 e. The number of hydrogen-bond donors (Lipinski definition) is 2. The van der Waals surface area contributed by atoms with Crippen LogP contribution < -0.4 is 25.8 Å². The lowest BCUT2D eigenvalue weighted by Crippen LogP contribution is -2.44. The van der Waals surface area contributed by atoms with Crippen molar-refractivity contribution in [2.45, 2.75) is 18.5 Å². The number of piperazine rings is 1. The molecule has 2 atom stereocenters. The van der Waals surface area contributed by atoms with E-state index in [9.17, 15) is 14.0 Å². The molecule has 2 aromatic carbocycles. The molecule has 4 aromatic rings. The summed E-state index contributed by atoms with van der Waals surface area (Å²) in [6.45, 7) is 1.47. The molecule has 6 rings (SSSR count). The minimum atomic E-state index is -0.850. The Morgan fingerprint density at radius 2 is 2.03 bits per heavy atom. The number of carbonyl (C=O) groups is 1. The summed E-state index contributed by atoms with van der Waals surface area (Å²) in [7, 11) is 2.99. The van der Waals surface area contributed by atoms with Gasteiger partial charge in [0.1, 0.15) is 22.5 Å². The van der Waals surface area contributed by atoms with Crippen molar-refractivity contribution in [1.82, 2.24) is 24.9 Å². The van der Waals surface area contributed by atoms with Crippen molar-refractivity contribution in [2.24, 2.45) is 7.05 Å². The third-order valence-electron chi connectivity index (χ3n) is 7.01. The number of aryl methyl sites for hydroxylation is 1. The molecule has 10 nitrogen and oxygen atoms in total. The van der Waals surface area contributed by atoms with E-state index in [1.54, 1.807) is 13.2 Å². The van der Waals surface area contributed by atoms with Crippen LogP contribution in [-0.2, 0) is 7.05 Å². The molecule has 0 unspecified atom stereocenters. The third kappa shape index (κ3) is 3.63. The van der Waals surface area contributed by atoms with Crippen LogP contribution in [0.25, 0.3) is 16.6 Å². The average Bonchev–Trinajstić information content (AvgIpc) is 3.61. The first-order chi connectivity index (χ1) is 17.9. The first-order valence-corrected chi connectivity index (χ1v) is 11.7. The first-order valence-electron chi connectivity index (χ1n) is 11.7. The maximum Gasteiger partial charge on any atom is 0.284 e. The van der Waals surface area contributed by atoms with E-state index in [2.05, 4.69) is 25.7 Å². The van der Waals surface area contributed by atoms with Gasteiger partial charge in [-0.2, -0.15) is 14.9 Å². The number of carbonyl (C=O) groups excluding carboxylic acids is 1. The minimum absolute atomic E-state index is 0.0799. The zero-order valence-electron chi connectivity index (χ0n) is 20.0. The van der Waals surface area contributed by atoms with E-state index in [1.165, 1.54) is 42.3 Å². The Labute approximate surface area is 209 Å². The molecule has 2 aromatic heterocycles. The molecule has 0 saturated carbocycles. The number of aromatic nitrogens is 4. The zero-order valence-corrected chi connectivity index (χ0v) is 20.0. The van der Waals surface area contributed by atoms with Gasteiger partial charge in [-0.3, -0.25) is 14.3 Å². The second-order valence-electron chi connectivity index (χ2n) is 9.14. The lowest BCUT2D eigenvalue weighted by atomic mass is 10.1. The highest BCUT2D eigenvalue weighted by atomic mass is 19.1. The number of anilines is 2. The number of nitrogens with zero attached hydrogens (tertiary/aromatic N) is 5. The van der Waals surface area contributed by atoms with Crippen molar-refractivity contribution in [2.75, 3.05) is 30.4 Å². The zero-order chi connectivity index (χ0) is 25.8. The number of methoxy groups -OCH3 is 1. The molecule has 37 heavy (non-hydrogen) atoms.